The van der Waals surface area contributed by atoms with Crippen molar-refractivity contribution in [3.05, 3.63) is 71.2 Å². The Bertz CT molecular complexity index is 872. The van der Waals surface area contributed by atoms with Crippen LogP contribution in [0, 0.1) is 0 Å². The van der Waals surface area contributed by atoms with Crippen LogP contribution in [-0.2, 0) is 9.59 Å². The van der Waals surface area contributed by atoms with E-state index in [0.717, 1.165) is 0 Å². The molecule has 1 aliphatic heterocycles. The molecule has 0 spiro atoms. The number of nitrogens with zero attached hydrogens (tertiary/aromatic N) is 1. The molecule has 0 atom stereocenters. The summed E-state index contributed by atoms with van der Waals surface area (Å²) in [5.74, 6) is -0.493. The molecule has 1 fully saturated rings. The Hall–Kier alpha value is -2.70. The summed E-state index contributed by atoms with van der Waals surface area (Å²) in [6.07, 6.45) is 6.14. The fraction of sp³-hybridized carbons (Fsp3) is 0. The summed E-state index contributed by atoms with van der Waals surface area (Å²) in [6.45, 7) is 0. The average Bonchev–Trinajstić information content (AvgIpc) is 3.05. The van der Waals surface area contributed by atoms with Crippen molar-refractivity contribution in [2.75, 3.05) is 4.90 Å². The van der Waals surface area contributed by atoms with Gasteiger partial charge >= 0.3 is 0 Å². The minimum atomic E-state index is -0.558. The summed E-state index contributed by atoms with van der Waals surface area (Å²) in [4.78, 5) is 25.9. The van der Waals surface area contributed by atoms with Gasteiger partial charge in [-0.3, -0.25) is 19.8 Å². The van der Waals surface area contributed by atoms with Crippen LogP contribution in [-0.4, -0.2) is 16.9 Å². The molecule has 7 heteroatoms. The molecule has 1 aromatic heterocycles. The number of hydrogen-bond acceptors (Lipinski definition) is 4. The number of nitrogens with one attached hydrogen (secondary N) is 1. The highest BCUT2D eigenvalue weighted by Crippen LogP contribution is 2.28. The van der Waals surface area contributed by atoms with E-state index in [-0.39, 0.29) is 10.7 Å². The topological polar surface area (TPSA) is 62.6 Å². The Morgan fingerprint density at radius 1 is 1.17 bits per heavy atom. The molecular formula is C17H11ClN2O3S. The summed E-state index contributed by atoms with van der Waals surface area (Å²) in [5, 5.41) is 2.84. The standard InChI is InChI=1S/C17H11ClN2O3S/c18-13-8-1-2-9-14(13)20-16(22)12(15(21)19-17(20)24)7-3-5-11-6-4-10-23-11/h1-10H,(H,19,21,24)/b5-3+,12-7-. The lowest BCUT2D eigenvalue weighted by Crippen LogP contribution is -2.54. The molecule has 0 unspecified atom stereocenters. The van der Waals surface area contributed by atoms with Gasteiger partial charge in [-0.05, 0) is 48.6 Å². The quantitative estimate of drug-likeness (QED) is 0.519. The van der Waals surface area contributed by atoms with E-state index in [1.807, 2.05) is 0 Å². The first-order valence-electron chi connectivity index (χ1n) is 6.94. The third kappa shape index (κ3) is 3.15. The second-order valence-electron chi connectivity index (χ2n) is 4.81. The highest BCUT2D eigenvalue weighted by molar-refractivity contribution is 7.80. The van der Waals surface area contributed by atoms with Gasteiger partial charge in [0.25, 0.3) is 11.8 Å². The maximum absolute atomic E-state index is 12.7. The van der Waals surface area contributed by atoms with E-state index < -0.39 is 11.8 Å². The van der Waals surface area contributed by atoms with E-state index in [2.05, 4.69) is 5.32 Å². The minimum Gasteiger partial charge on any atom is -0.465 e. The maximum Gasteiger partial charge on any atom is 0.270 e. The Morgan fingerprint density at radius 2 is 1.96 bits per heavy atom. The molecule has 1 aromatic carbocycles. The first kappa shape index (κ1) is 16.2. The number of amides is 2. The molecule has 2 heterocycles. The number of benzene rings is 1. The van der Waals surface area contributed by atoms with Crippen LogP contribution in [0.5, 0.6) is 0 Å². The van der Waals surface area contributed by atoms with Crippen molar-refractivity contribution in [3.8, 4) is 0 Å². The van der Waals surface area contributed by atoms with E-state index in [1.54, 1.807) is 48.6 Å². The Kier molecular flexibility index (Phi) is 4.59. The molecule has 5 nitrogen and oxygen atoms in total. The molecule has 24 heavy (non-hydrogen) atoms. The van der Waals surface area contributed by atoms with E-state index in [9.17, 15) is 9.59 Å². The SMILES string of the molecule is O=C1NC(=S)N(c2ccccc2Cl)C(=O)/C1=C\C=C\c1ccco1. The Morgan fingerprint density at radius 3 is 2.67 bits per heavy atom. The molecule has 1 N–H and O–H groups in total. The van der Waals surface area contributed by atoms with Crippen molar-refractivity contribution in [2.24, 2.45) is 0 Å². The zero-order chi connectivity index (χ0) is 17.1. The van der Waals surface area contributed by atoms with Crippen LogP contribution in [0.4, 0.5) is 5.69 Å². The largest absolute Gasteiger partial charge is 0.465 e. The number of thiocarbonyl (C=S) groups is 1. The van der Waals surface area contributed by atoms with Gasteiger partial charge in [-0.15, -0.1) is 0 Å². The van der Waals surface area contributed by atoms with Crippen LogP contribution in [0.25, 0.3) is 6.08 Å². The van der Waals surface area contributed by atoms with Crippen molar-refractivity contribution in [1.82, 2.24) is 5.32 Å². The van der Waals surface area contributed by atoms with Crippen molar-refractivity contribution >= 4 is 52.5 Å². The summed E-state index contributed by atoms with van der Waals surface area (Å²) in [5.41, 5.74) is 0.362. The lowest BCUT2D eigenvalue weighted by Gasteiger charge is -2.29. The third-order valence-electron chi connectivity index (χ3n) is 3.26. The molecule has 120 valence electrons. The van der Waals surface area contributed by atoms with Gasteiger partial charge in [-0.25, -0.2) is 0 Å². The maximum atomic E-state index is 12.7. The molecule has 1 saturated heterocycles. The zero-order valence-corrected chi connectivity index (χ0v) is 13.8. The van der Waals surface area contributed by atoms with E-state index >= 15 is 0 Å². The molecule has 0 saturated carbocycles. The van der Waals surface area contributed by atoms with Crippen LogP contribution >= 0.6 is 23.8 Å². The molecule has 2 aromatic rings. The number of carbonyl (C=O) groups is 2. The molecular weight excluding hydrogens is 348 g/mol. The molecule has 2 amide bonds. The first-order chi connectivity index (χ1) is 11.6. The molecule has 0 bridgehead atoms. The van der Waals surface area contributed by atoms with Crippen molar-refractivity contribution in [1.29, 1.82) is 0 Å². The van der Waals surface area contributed by atoms with Crippen molar-refractivity contribution in [2.45, 2.75) is 0 Å². The number of carbonyl (C=O) groups excluding carboxylic acids is 2. The van der Waals surface area contributed by atoms with Crippen molar-refractivity contribution in [3.63, 3.8) is 0 Å². The lowest BCUT2D eigenvalue weighted by atomic mass is 10.1. The van der Waals surface area contributed by atoms with Gasteiger partial charge in [-0.1, -0.05) is 29.8 Å². The van der Waals surface area contributed by atoms with Crippen LogP contribution in [0.3, 0.4) is 0 Å². The number of hydrogen-bond donors (Lipinski definition) is 1. The number of anilines is 1. The molecule has 0 radical (unpaired) electrons. The molecule has 0 aliphatic carbocycles. The summed E-state index contributed by atoms with van der Waals surface area (Å²) in [7, 11) is 0. The highest BCUT2D eigenvalue weighted by Gasteiger charge is 2.34. The second-order valence-corrected chi connectivity index (χ2v) is 5.60. The van der Waals surface area contributed by atoms with Crippen molar-refractivity contribution < 1.29 is 14.0 Å². The number of allylic oxidation sites excluding steroid dienone is 2. The fourth-order valence-corrected chi connectivity index (χ4v) is 2.65. The second kappa shape index (κ2) is 6.82. The van der Waals surface area contributed by atoms with Gasteiger partial charge in [0.1, 0.15) is 11.3 Å². The number of para-hydroxylation sites is 1. The summed E-state index contributed by atoms with van der Waals surface area (Å²) < 4.78 is 5.15. The van der Waals surface area contributed by atoms with Crippen LogP contribution < -0.4 is 10.2 Å². The van der Waals surface area contributed by atoms with Gasteiger partial charge in [0.2, 0.25) is 0 Å². The van der Waals surface area contributed by atoms with Gasteiger partial charge in [0.15, 0.2) is 5.11 Å². The van der Waals surface area contributed by atoms with Gasteiger partial charge in [-0.2, -0.15) is 0 Å². The predicted molar refractivity (Wildman–Crippen MR) is 95.5 cm³/mol. The van der Waals surface area contributed by atoms with Gasteiger partial charge < -0.3 is 4.42 Å². The summed E-state index contributed by atoms with van der Waals surface area (Å²) >= 11 is 11.2. The highest BCUT2D eigenvalue weighted by atomic mass is 35.5. The lowest BCUT2D eigenvalue weighted by molar-refractivity contribution is -0.122. The average molecular weight is 359 g/mol. The normalized spacial score (nSPS) is 17.0. The number of halogens is 1. The molecule has 3 rings (SSSR count). The number of furan rings is 1. The summed E-state index contributed by atoms with van der Waals surface area (Å²) in [6, 6.07) is 10.3. The van der Waals surface area contributed by atoms with E-state index in [4.69, 9.17) is 28.2 Å². The smallest absolute Gasteiger partial charge is 0.270 e. The monoisotopic (exact) mass is 358 g/mol. The van der Waals surface area contributed by atoms with Crippen LogP contribution in [0.2, 0.25) is 5.02 Å². The van der Waals surface area contributed by atoms with Crippen LogP contribution in [0.15, 0.2) is 64.8 Å². The Labute approximate surface area is 148 Å². The fourth-order valence-electron chi connectivity index (χ4n) is 2.15. The molecule has 1 aliphatic rings. The Balaban J connectivity index is 1.93. The van der Waals surface area contributed by atoms with Crippen LogP contribution in [0.1, 0.15) is 5.76 Å². The number of rotatable bonds is 3. The van der Waals surface area contributed by atoms with E-state index in [0.29, 0.717) is 16.5 Å². The van der Waals surface area contributed by atoms with Gasteiger partial charge in [0, 0.05) is 0 Å². The third-order valence-corrected chi connectivity index (χ3v) is 3.87. The van der Waals surface area contributed by atoms with E-state index in [1.165, 1.54) is 17.2 Å². The first-order valence-corrected chi connectivity index (χ1v) is 7.72. The zero-order valence-electron chi connectivity index (χ0n) is 12.2. The predicted octanol–water partition coefficient (Wildman–Crippen LogP) is 3.32. The van der Waals surface area contributed by atoms with Gasteiger partial charge in [0.05, 0.1) is 17.0 Å². The minimum absolute atomic E-state index is 0.00901.